The fourth-order valence-electron chi connectivity index (χ4n) is 3.07. The number of phenols is 1. The molecule has 2 aromatic carbocycles. The van der Waals surface area contributed by atoms with Crippen molar-refractivity contribution in [2.45, 2.75) is 39.5 Å². The monoisotopic (exact) mass is 424 g/mol. The Morgan fingerprint density at radius 1 is 1.13 bits per heavy atom. The summed E-state index contributed by atoms with van der Waals surface area (Å²) in [6, 6.07) is 10.0. The molecule has 0 saturated heterocycles. The zero-order valence-electron chi connectivity index (χ0n) is 17.4. The van der Waals surface area contributed by atoms with Gasteiger partial charge < -0.3 is 14.6 Å². The number of esters is 1. The van der Waals surface area contributed by atoms with Crippen molar-refractivity contribution < 1.29 is 24.2 Å². The van der Waals surface area contributed by atoms with Crippen molar-refractivity contribution in [1.29, 1.82) is 0 Å². The number of ether oxygens (including phenoxy) is 2. The van der Waals surface area contributed by atoms with E-state index in [1.165, 1.54) is 6.92 Å². The quantitative estimate of drug-likeness (QED) is 0.219. The summed E-state index contributed by atoms with van der Waals surface area (Å²) in [5.74, 6) is 0.798. The van der Waals surface area contributed by atoms with Crippen molar-refractivity contribution in [3.8, 4) is 28.6 Å². The smallest absolute Gasteiger partial charge is 0.311 e. The zero-order chi connectivity index (χ0) is 22.2. The predicted octanol–water partition coefficient (Wildman–Crippen LogP) is 3.49. The Balaban J connectivity index is 1.50. The van der Waals surface area contributed by atoms with Crippen molar-refractivity contribution in [2.75, 3.05) is 6.61 Å². The van der Waals surface area contributed by atoms with Gasteiger partial charge in [-0.3, -0.25) is 9.59 Å². The highest BCUT2D eigenvalue weighted by molar-refractivity contribution is 5.97. The van der Waals surface area contributed by atoms with Crippen molar-refractivity contribution in [1.82, 2.24) is 20.6 Å². The van der Waals surface area contributed by atoms with E-state index < -0.39 is 0 Å². The Kier molecular flexibility index (Phi) is 7.31. The molecule has 0 atom stereocenters. The van der Waals surface area contributed by atoms with Crippen LogP contribution in [0.2, 0.25) is 0 Å². The Morgan fingerprint density at radius 2 is 1.90 bits per heavy atom. The largest absolute Gasteiger partial charge is 0.507 e. The number of nitrogens with one attached hydrogen (secondary N) is 1. The maximum atomic E-state index is 12.1. The van der Waals surface area contributed by atoms with Crippen molar-refractivity contribution in [2.24, 2.45) is 0 Å². The molecule has 0 amide bonds. The zero-order valence-corrected chi connectivity index (χ0v) is 17.4. The number of ketones is 1. The van der Waals surface area contributed by atoms with Crippen LogP contribution in [0, 0.1) is 0 Å². The first-order valence-electron chi connectivity index (χ1n) is 10.0. The van der Waals surface area contributed by atoms with E-state index in [1.54, 1.807) is 36.4 Å². The lowest BCUT2D eigenvalue weighted by Crippen LogP contribution is -2.10. The molecular formula is C22H24N4O5. The highest BCUT2D eigenvalue weighted by Crippen LogP contribution is 2.33. The number of tetrazole rings is 1. The number of Topliss-reactive ketones (excluding diaryl/α,β-unsaturated/α-hetero) is 1. The van der Waals surface area contributed by atoms with Gasteiger partial charge in [-0.15, -0.1) is 10.2 Å². The normalized spacial score (nSPS) is 10.6. The first-order chi connectivity index (χ1) is 15.0. The summed E-state index contributed by atoms with van der Waals surface area (Å²) < 4.78 is 11.1. The number of aromatic amines is 1. The number of H-pyrrole nitrogens is 1. The third-order valence-electron chi connectivity index (χ3n) is 4.59. The molecule has 1 aromatic heterocycles. The van der Waals surface area contributed by atoms with Crippen molar-refractivity contribution in [3.63, 3.8) is 0 Å². The number of benzene rings is 2. The lowest BCUT2D eigenvalue weighted by molar-refractivity contribution is -0.134. The number of rotatable bonds is 10. The molecule has 2 N–H and O–H groups in total. The first kappa shape index (κ1) is 21.9. The van der Waals surface area contributed by atoms with Crippen LogP contribution < -0.4 is 9.47 Å². The summed E-state index contributed by atoms with van der Waals surface area (Å²) in [4.78, 5) is 23.7. The molecule has 3 rings (SSSR count). The molecule has 0 radical (unpaired) electrons. The molecule has 0 aliphatic carbocycles. The maximum absolute atomic E-state index is 12.1. The van der Waals surface area contributed by atoms with E-state index >= 15 is 0 Å². The average Bonchev–Trinajstić information content (AvgIpc) is 3.28. The van der Waals surface area contributed by atoms with Gasteiger partial charge in [0.15, 0.2) is 5.78 Å². The molecule has 1 heterocycles. The van der Waals surface area contributed by atoms with E-state index in [1.807, 2.05) is 6.92 Å². The molecule has 0 saturated carbocycles. The molecular weight excluding hydrogens is 400 g/mol. The second kappa shape index (κ2) is 10.3. The topological polar surface area (TPSA) is 127 Å². The first-order valence-corrected chi connectivity index (χ1v) is 10.0. The molecule has 0 aliphatic rings. The van der Waals surface area contributed by atoms with Crippen LogP contribution in [-0.4, -0.2) is 44.1 Å². The number of carbonyl (C=O) groups is 2. The van der Waals surface area contributed by atoms with Gasteiger partial charge in [0, 0.05) is 17.5 Å². The van der Waals surface area contributed by atoms with Gasteiger partial charge in [0.1, 0.15) is 17.2 Å². The van der Waals surface area contributed by atoms with Crippen LogP contribution in [0.25, 0.3) is 11.4 Å². The molecule has 3 aromatic rings. The molecule has 9 nitrogen and oxygen atoms in total. The Morgan fingerprint density at radius 3 is 2.55 bits per heavy atom. The predicted molar refractivity (Wildman–Crippen MR) is 112 cm³/mol. The third kappa shape index (κ3) is 5.65. The van der Waals surface area contributed by atoms with Crippen LogP contribution in [0.4, 0.5) is 0 Å². The van der Waals surface area contributed by atoms with Gasteiger partial charge in [0.05, 0.1) is 12.2 Å². The van der Waals surface area contributed by atoms with Gasteiger partial charge in [-0.2, -0.15) is 5.21 Å². The minimum Gasteiger partial charge on any atom is -0.507 e. The molecule has 162 valence electrons. The van der Waals surface area contributed by atoms with E-state index in [0.717, 1.165) is 12.0 Å². The summed E-state index contributed by atoms with van der Waals surface area (Å²) in [5.41, 5.74) is 1.65. The summed E-state index contributed by atoms with van der Waals surface area (Å²) in [6.07, 6.45) is 2.00. The maximum Gasteiger partial charge on any atom is 0.311 e. The van der Waals surface area contributed by atoms with Gasteiger partial charge in [-0.25, -0.2) is 0 Å². The van der Waals surface area contributed by atoms with Crippen LogP contribution in [0.3, 0.4) is 0 Å². The van der Waals surface area contributed by atoms with Gasteiger partial charge in [0.25, 0.3) is 0 Å². The van der Waals surface area contributed by atoms with Crippen LogP contribution in [-0.2, 0) is 11.2 Å². The number of hydrogen-bond acceptors (Lipinski definition) is 8. The summed E-state index contributed by atoms with van der Waals surface area (Å²) >= 11 is 0. The van der Waals surface area contributed by atoms with Crippen LogP contribution in [0.5, 0.6) is 17.2 Å². The van der Waals surface area contributed by atoms with Gasteiger partial charge in [-0.1, -0.05) is 13.3 Å². The Hall–Kier alpha value is -3.75. The SMILES string of the molecule is CCCc1c(OCCCC(=O)Oc2ccc(-c3nn[nH]n3)cc2)ccc(C(C)=O)c1O. The fraction of sp³-hybridized carbons (Fsp3) is 0.318. The third-order valence-corrected chi connectivity index (χ3v) is 4.59. The van der Waals surface area contributed by atoms with Crippen molar-refractivity contribution in [3.05, 3.63) is 47.5 Å². The van der Waals surface area contributed by atoms with Gasteiger partial charge in [0.2, 0.25) is 5.82 Å². The Bertz CT molecular complexity index is 1030. The van der Waals surface area contributed by atoms with E-state index in [4.69, 9.17) is 9.47 Å². The molecule has 9 heteroatoms. The molecule has 0 spiro atoms. The minimum atomic E-state index is -0.375. The van der Waals surface area contributed by atoms with Crippen LogP contribution in [0.15, 0.2) is 36.4 Å². The molecule has 0 unspecified atom stereocenters. The molecule has 0 bridgehead atoms. The number of aromatic nitrogens is 4. The average molecular weight is 424 g/mol. The number of aromatic hydroxyl groups is 1. The van der Waals surface area contributed by atoms with E-state index in [-0.39, 0.29) is 36.1 Å². The van der Waals surface area contributed by atoms with Crippen LogP contribution in [0.1, 0.15) is 49.0 Å². The van der Waals surface area contributed by atoms with E-state index in [0.29, 0.717) is 35.7 Å². The summed E-state index contributed by atoms with van der Waals surface area (Å²) in [7, 11) is 0. The minimum absolute atomic E-state index is 0.0319. The number of nitrogens with zero attached hydrogens (tertiary/aromatic N) is 3. The number of hydrogen-bond donors (Lipinski definition) is 2. The second-order valence-corrected chi connectivity index (χ2v) is 6.93. The van der Waals surface area contributed by atoms with Crippen molar-refractivity contribution >= 4 is 11.8 Å². The fourth-order valence-corrected chi connectivity index (χ4v) is 3.07. The standard InChI is InChI=1S/C22H24N4O5/c1-3-5-18-19(12-11-17(14(2)27)21(18)29)30-13-4-6-20(28)31-16-9-7-15(8-10-16)22-23-25-26-24-22/h7-12,29H,3-6,13H2,1-2H3,(H,23,24,25,26). The highest BCUT2D eigenvalue weighted by atomic mass is 16.5. The number of phenolic OH excluding ortho intramolecular Hbond substituents is 1. The molecule has 0 aliphatic heterocycles. The summed E-state index contributed by atoms with van der Waals surface area (Å²) in [5, 5.41) is 24.0. The van der Waals surface area contributed by atoms with E-state index in [9.17, 15) is 14.7 Å². The number of carbonyl (C=O) groups excluding carboxylic acids is 2. The lowest BCUT2D eigenvalue weighted by atomic mass is 10.0. The van der Waals surface area contributed by atoms with Gasteiger partial charge in [-0.05, 0) is 61.4 Å². The summed E-state index contributed by atoms with van der Waals surface area (Å²) in [6.45, 7) is 3.67. The lowest BCUT2D eigenvalue weighted by Gasteiger charge is -2.14. The van der Waals surface area contributed by atoms with E-state index in [2.05, 4.69) is 20.6 Å². The molecule has 31 heavy (non-hydrogen) atoms. The molecule has 0 fully saturated rings. The highest BCUT2D eigenvalue weighted by Gasteiger charge is 2.16. The van der Waals surface area contributed by atoms with Crippen LogP contribution >= 0.6 is 0 Å². The van der Waals surface area contributed by atoms with Gasteiger partial charge >= 0.3 is 5.97 Å². The Labute approximate surface area is 179 Å². The second-order valence-electron chi connectivity index (χ2n) is 6.93.